The van der Waals surface area contributed by atoms with Gasteiger partial charge in [-0.1, -0.05) is 27.2 Å². The molecule has 1 aliphatic heterocycles. The highest BCUT2D eigenvalue weighted by Crippen LogP contribution is 2.28. The van der Waals surface area contributed by atoms with E-state index in [1.807, 2.05) is 0 Å². The van der Waals surface area contributed by atoms with Gasteiger partial charge in [0.25, 0.3) is 0 Å². The molecule has 0 aromatic heterocycles. The molecule has 2 atom stereocenters. The zero-order valence-corrected chi connectivity index (χ0v) is 12.8. The molecule has 0 aromatic carbocycles. The molecule has 1 heterocycles. The largest absolute Gasteiger partial charge is 0.417 e. The molecule has 0 aromatic rings. The summed E-state index contributed by atoms with van der Waals surface area (Å²) in [6, 6.07) is 0.686. The first-order chi connectivity index (χ1) is 7.39. The molecule has 1 N–H and O–H groups in total. The molecule has 96 valence electrons. The van der Waals surface area contributed by atoms with Crippen LogP contribution in [0.3, 0.4) is 0 Å². The van der Waals surface area contributed by atoms with Gasteiger partial charge in [-0.15, -0.1) is 0 Å². The molecular weight excluding hydrogens is 214 g/mol. The van der Waals surface area contributed by atoms with Crippen molar-refractivity contribution < 1.29 is 4.43 Å². The first-order valence-corrected chi connectivity index (χ1v) is 9.56. The van der Waals surface area contributed by atoms with Crippen LogP contribution in [-0.4, -0.2) is 27.7 Å². The number of rotatable bonds is 4. The minimum Gasteiger partial charge on any atom is -0.417 e. The summed E-state index contributed by atoms with van der Waals surface area (Å²) in [6.45, 7) is 12.6. The Morgan fingerprint density at radius 2 is 2.00 bits per heavy atom. The van der Waals surface area contributed by atoms with Gasteiger partial charge in [-0.05, 0) is 44.3 Å². The summed E-state index contributed by atoms with van der Waals surface area (Å²) in [5.74, 6) is 0. The highest BCUT2D eigenvalue weighted by atomic mass is 28.3. The maximum atomic E-state index is 6.22. The third-order valence-corrected chi connectivity index (χ3v) is 4.19. The topological polar surface area (TPSA) is 21.3 Å². The average molecular weight is 243 g/mol. The monoisotopic (exact) mass is 243 g/mol. The van der Waals surface area contributed by atoms with Gasteiger partial charge in [-0.25, -0.2) is 0 Å². The molecule has 0 spiro atoms. The fourth-order valence-electron chi connectivity index (χ4n) is 2.33. The van der Waals surface area contributed by atoms with Gasteiger partial charge in [0.2, 0.25) is 0 Å². The Kier molecular flexibility index (Phi) is 5.48. The van der Waals surface area contributed by atoms with E-state index >= 15 is 0 Å². The van der Waals surface area contributed by atoms with Crippen LogP contribution in [0.1, 0.15) is 46.5 Å². The molecule has 3 heteroatoms. The standard InChI is InChI=1S/C13H29NOSi/c1-13(2,3)12(15-16(4)5)10-11-8-6-7-9-14-11/h11-12,14,16H,6-10H2,1-5H3. The highest BCUT2D eigenvalue weighted by molar-refractivity contribution is 6.48. The number of hydrogen-bond donors (Lipinski definition) is 1. The van der Waals surface area contributed by atoms with E-state index in [9.17, 15) is 0 Å². The van der Waals surface area contributed by atoms with E-state index in [2.05, 4.69) is 39.2 Å². The van der Waals surface area contributed by atoms with Crippen molar-refractivity contribution in [2.75, 3.05) is 6.54 Å². The van der Waals surface area contributed by atoms with Crippen LogP contribution in [0.25, 0.3) is 0 Å². The van der Waals surface area contributed by atoms with Gasteiger partial charge in [0.05, 0.1) is 6.10 Å². The molecule has 0 radical (unpaired) electrons. The third kappa shape index (κ3) is 4.98. The first kappa shape index (κ1) is 14.2. The van der Waals surface area contributed by atoms with E-state index < -0.39 is 9.04 Å². The van der Waals surface area contributed by atoms with Crippen molar-refractivity contribution in [1.82, 2.24) is 5.32 Å². The maximum absolute atomic E-state index is 6.22. The minimum absolute atomic E-state index is 0.274. The second-order valence-corrected chi connectivity index (χ2v) is 8.79. The quantitative estimate of drug-likeness (QED) is 0.767. The lowest BCUT2D eigenvalue weighted by molar-refractivity contribution is 0.0651. The molecular formula is C13H29NOSi. The lowest BCUT2D eigenvalue weighted by Gasteiger charge is -2.36. The van der Waals surface area contributed by atoms with E-state index in [-0.39, 0.29) is 5.41 Å². The summed E-state index contributed by atoms with van der Waals surface area (Å²) in [5.41, 5.74) is 0.274. The number of nitrogens with one attached hydrogen (secondary N) is 1. The van der Waals surface area contributed by atoms with Gasteiger partial charge in [-0.3, -0.25) is 0 Å². The summed E-state index contributed by atoms with van der Waals surface area (Å²) in [4.78, 5) is 0. The lowest BCUT2D eigenvalue weighted by Crippen LogP contribution is -2.42. The van der Waals surface area contributed by atoms with Crippen LogP contribution in [0.2, 0.25) is 13.1 Å². The Labute approximate surface area is 103 Å². The van der Waals surface area contributed by atoms with Crippen molar-refractivity contribution >= 4 is 9.04 Å². The molecule has 2 unspecified atom stereocenters. The summed E-state index contributed by atoms with van der Waals surface area (Å²) in [6.07, 6.45) is 5.67. The van der Waals surface area contributed by atoms with Crippen molar-refractivity contribution in [3.63, 3.8) is 0 Å². The summed E-state index contributed by atoms with van der Waals surface area (Å²) in [5, 5.41) is 3.63. The summed E-state index contributed by atoms with van der Waals surface area (Å²) < 4.78 is 6.22. The molecule has 1 saturated heterocycles. The zero-order valence-electron chi connectivity index (χ0n) is 11.7. The van der Waals surface area contributed by atoms with Gasteiger partial charge in [-0.2, -0.15) is 0 Å². The lowest BCUT2D eigenvalue weighted by atomic mass is 9.84. The molecule has 1 rings (SSSR count). The fraction of sp³-hybridized carbons (Fsp3) is 1.00. The predicted octanol–water partition coefficient (Wildman–Crippen LogP) is 2.93. The molecule has 16 heavy (non-hydrogen) atoms. The van der Waals surface area contributed by atoms with Gasteiger partial charge in [0.15, 0.2) is 9.04 Å². The molecule has 2 nitrogen and oxygen atoms in total. The Hall–Kier alpha value is 0.137. The van der Waals surface area contributed by atoms with Crippen molar-refractivity contribution in [3.05, 3.63) is 0 Å². The van der Waals surface area contributed by atoms with Gasteiger partial charge in [0, 0.05) is 6.04 Å². The fourth-order valence-corrected chi connectivity index (χ4v) is 3.50. The Morgan fingerprint density at radius 1 is 1.31 bits per heavy atom. The Bertz CT molecular complexity index is 195. The van der Waals surface area contributed by atoms with Crippen molar-refractivity contribution in [3.8, 4) is 0 Å². The molecule has 1 aliphatic rings. The van der Waals surface area contributed by atoms with Gasteiger partial charge < -0.3 is 9.74 Å². The first-order valence-electron chi connectivity index (χ1n) is 6.78. The van der Waals surface area contributed by atoms with Crippen LogP contribution in [0.4, 0.5) is 0 Å². The minimum atomic E-state index is -0.928. The highest BCUT2D eigenvalue weighted by Gasteiger charge is 2.29. The second-order valence-electron chi connectivity index (χ2n) is 6.42. The van der Waals surface area contributed by atoms with Gasteiger partial charge >= 0.3 is 0 Å². The van der Waals surface area contributed by atoms with Crippen molar-refractivity contribution in [1.29, 1.82) is 0 Å². The Morgan fingerprint density at radius 3 is 2.44 bits per heavy atom. The van der Waals surface area contributed by atoms with E-state index in [1.54, 1.807) is 0 Å². The third-order valence-electron chi connectivity index (χ3n) is 3.31. The summed E-state index contributed by atoms with van der Waals surface area (Å²) >= 11 is 0. The maximum Gasteiger partial charge on any atom is 0.171 e. The van der Waals surface area contributed by atoms with Crippen LogP contribution in [0.15, 0.2) is 0 Å². The van der Waals surface area contributed by atoms with Crippen molar-refractivity contribution in [2.45, 2.75) is 71.7 Å². The number of piperidine rings is 1. The molecule has 0 aliphatic carbocycles. The molecule has 0 amide bonds. The normalized spacial score (nSPS) is 24.8. The molecule has 1 fully saturated rings. The van der Waals surface area contributed by atoms with E-state index in [1.165, 1.54) is 32.2 Å². The summed E-state index contributed by atoms with van der Waals surface area (Å²) in [7, 11) is -0.928. The van der Waals surface area contributed by atoms with Crippen molar-refractivity contribution in [2.24, 2.45) is 5.41 Å². The molecule has 0 bridgehead atoms. The van der Waals surface area contributed by atoms with E-state index in [0.717, 1.165) is 0 Å². The van der Waals surface area contributed by atoms with E-state index in [4.69, 9.17) is 4.43 Å². The SMILES string of the molecule is C[SiH](C)OC(CC1CCCCN1)C(C)(C)C. The number of hydrogen-bond acceptors (Lipinski definition) is 2. The smallest absolute Gasteiger partial charge is 0.171 e. The van der Waals surface area contributed by atoms with Crippen LogP contribution in [0.5, 0.6) is 0 Å². The average Bonchev–Trinajstić information content (AvgIpc) is 2.16. The van der Waals surface area contributed by atoms with Crippen LogP contribution in [0, 0.1) is 5.41 Å². The van der Waals surface area contributed by atoms with Crippen LogP contribution < -0.4 is 5.32 Å². The van der Waals surface area contributed by atoms with Crippen LogP contribution >= 0.6 is 0 Å². The Balaban J connectivity index is 2.48. The predicted molar refractivity (Wildman–Crippen MR) is 73.5 cm³/mol. The van der Waals surface area contributed by atoms with Crippen LogP contribution in [-0.2, 0) is 4.43 Å². The second kappa shape index (κ2) is 6.17. The zero-order chi connectivity index (χ0) is 12.2. The molecule has 0 saturated carbocycles. The van der Waals surface area contributed by atoms with Gasteiger partial charge in [0.1, 0.15) is 0 Å². The van der Waals surface area contributed by atoms with E-state index in [0.29, 0.717) is 12.1 Å².